The average molecular weight is 437 g/mol. The second-order valence-electron chi connectivity index (χ2n) is 4.99. The first-order valence-electron chi connectivity index (χ1n) is 7.35. The van der Waals surface area contributed by atoms with Crippen LogP contribution in [0.2, 0.25) is 0 Å². The maximum Gasteiger partial charge on any atom is 0.194 e. The summed E-state index contributed by atoms with van der Waals surface area (Å²) in [6.07, 6.45) is 0.507. The minimum absolute atomic E-state index is 0. The Labute approximate surface area is 151 Å². The Morgan fingerprint density at radius 1 is 1.45 bits per heavy atom. The first-order valence-corrected chi connectivity index (χ1v) is 8.67. The second kappa shape index (κ2) is 10.2. The number of benzene rings is 1. The summed E-state index contributed by atoms with van der Waals surface area (Å²) in [7, 11) is -1.02. The summed E-state index contributed by atoms with van der Waals surface area (Å²) in [6.45, 7) is 4.75. The van der Waals surface area contributed by atoms with E-state index >= 15 is 0 Å². The molecule has 2 atom stereocenters. The van der Waals surface area contributed by atoms with Crippen molar-refractivity contribution in [2.45, 2.75) is 24.3 Å². The van der Waals surface area contributed by atoms with Crippen LogP contribution in [0.4, 0.5) is 0 Å². The Morgan fingerprint density at radius 2 is 2.18 bits per heavy atom. The van der Waals surface area contributed by atoms with Gasteiger partial charge in [0.15, 0.2) is 5.96 Å². The molecule has 2 rings (SSSR count). The zero-order chi connectivity index (χ0) is 15.1. The number of nitrogens with zero attached hydrogens (tertiary/aromatic N) is 2. The molecule has 1 fully saturated rings. The van der Waals surface area contributed by atoms with Crippen molar-refractivity contribution in [3.63, 3.8) is 0 Å². The van der Waals surface area contributed by atoms with E-state index < -0.39 is 10.8 Å². The van der Waals surface area contributed by atoms with E-state index in [0.29, 0.717) is 18.8 Å². The molecule has 2 N–H and O–H groups in total. The van der Waals surface area contributed by atoms with Gasteiger partial charge in [-0.05, 0) is 25.5 Å². The Hall–Kier alpha value is -0.670. The van der Waals surface area contributed by atoms with Gasteiger partial charge in [-0.15, -0.1) is 24.0 Å². The van der Waals surface area contributed by atoms with Gasteiger partial charge < -0.3 is 15.3 Å². The molecule has 1 saturated heterocycles. The minimum atomic E-state index is -1.02. The summed E-state index contributed by atoms with van der Waals surface area (Å²) < 4.78 is 12.1. The Morgan fingerprint density at radius 3 is 2.77 bits per heavy atom. The number of hydrogen-bond donors (Lipinski definition) is 2. The van der Waals surface area contributed by atoms with E-state index in [0.717, 1.165) is 30.4 Å². The Balaban J connectivity index is 0.00000242. The highest BCUT2D eigenvalue weighted by atomic mass is 127. The van der Waals surface area contributed by atoms with Crippen LogP contribution >= 0.6 is 24.0 Å². The fraction of sp³-hybridized carbons (Fsp3) is 0.533. The smallest absolute Gasteiger partial charge is 0.194 e. The van der Waals surface area contributed by atoms with Crippen molar-refractivity contribution in [3.8, 4) is 0 Å². The molecule has 0 aliphatic carbocycles. The Bertz CT molecular complexity index is 499. The molecule has 1 aliphatic heterocycles. The van der Waals surface area contributed by atoms with Gasteiger partial charge >= 0.3 is 0 Å². The van der Waals surface area contributed by atoms with Gasteiger partial charge in [-0.25, -0.2) is 0 Å². The molecule has 1 aliphatic rings. The summed E-state index contributed by atoms with van der Waals surface area (Å²) >= 11 is 0. The average Bonchev–Trinajstić information content (AvgIpc) is 2.93. The molecule has 22 heavy (non-hydrogen) atoms. The maximum absolute atomic E-state index is 12.1. The molecular weight excluding hydrogens is 413 g/mol. The number of β-amino-alcohol motifs (C(OH)–C–C–N with tert-alkyl or cyclic N) is 1. The predicted octanol–water partition coefficient (Wildman–Crippen LogP) is 1.44. The number of nitrogens with one attached hydrogen (secondary N) is 1. The van der Waals surface area contributed by atoms with Crippen molar-refractivity contribution in [3.05, 3.63) is 30.3 Å². The van der Waals surface area contributed by atoms with Crippen LogP contribution in [0.15, 0.2) is 40.2 Å². The number of halogens is 1. The van der Waals surface area contributed by atoms with E-state index in [1.165, 1.54) is 0 Å². The standard InChI is InChI=1S/C15H23N3O2S.HI/c1-2-16-15(18-10-8-13(19)12-18)17-9-11-21(20)14-6-4-3-5-7-14;/h3-7,13,19H,2,8-12H2,1H3,(H,16,17);1H/t13-,21?;/m1./s1. The van der Waals surface area contributed by atoms with Crippen molar-refractivity contribution in [1.29, 1.82) is 0 Å². The SMILES string of the molecule is CCNC(=NCCS(=O)c1ccccc1)N1CC[C@@H](O)C1.I. The third kappa shape index (κ3) is 5.85. The molecule has 0 bridgehead atoms. The number of aliphatic hydroxyl groups excluding tert-OH is 1. The van der Waals surface area contributed by atoms with Gasteiger partial charge in [0.25, 0.3) is 0 Å². The topological polar surface area (TPSA) is 64.9 Å². The molecule has 0 radical (unpaired) electrons. The summed E-state index contributed by atoms with van der Waals surface area (Å²) in [4.78, 5) is 7.42. The molecule has 5 nitrogen and oxygen atoms in total. The Kier molecular flexibility index (Phi) is 8.96. The highest BCUT2D eigenvalue weighted by Gasteiger charge is 2.22. The van der Waals surface area contributed by atoms with Crippen molar-refractivity contribution in [2.24, 2.45) is 4.99 Å². The third-order valence-electron chi connectivity index (χ3n) is 3.34. The van der Waals surface area contributed by atoms with Crippen LogP contribution in [-0.2, 0) is 10.8 Å². The van der Waals surface area contributed by atoms with E-state index in [4.69, 9.17) is 0 Å². The lowest BCUT2D eigenvalue weighted by atomic mass is 10.3. The minimum Gasteiger partial charge on any atom is -0.391 e. The van der Waals surface area contributed by atoms with Gasteiger partial charge in [-0.3, -0.25) is 9.20 Å². The van der Waals surface area contributed by atoms with E-state index in [1.807, 2.05) is 37.3 Å². The molecule has 124 valence electrons. The van der Waals surface area contributed by atoms with Gasteiger partial charge in [0.1, 0.15) is 0 Å². The molecule has 0 saturated carbocycles. The number of guanidine groups is 1. The van der Waals surface area contributed by atoms with Crippen LogP contribution in [0.5, 0.6) is 0 Å². The number of rotatable bonds is 5. The lowest BCUT2D eigenvalue weighted by Crippen LogP contribution is -2.40. The van der Waals surface area contributed by atoms with Gasteiger partial charge in [-0.1, -0.05) is 18.2 Å². The van der Waals surface area contributed by atoms with Crippen LogP contribution in [0, 0.1) is 0 Å². The molecule has 0 spiro atoms. The van der Waals surface area contributed by atoms with Crippen molar-refractivity contribution >= 4 is 40.7 Å². The fourth-order valence-electron chi connectivity index (χ4n) is 2.28. The number of aliphatic imine (C=N–C) groups is 1. The second-order valence-corrected chi connectivity index (χ2v) is 6.56. The lowest BCUT2D eigenvalue weighted by Gasteiger charge is -2.20. The summed E-state index contributed by atoms with van der Waals surface area (Å²) in [5.41, 5.74) is 0. The van der Waals surface area contributed by atoms with E-state index in [1.54, 1.807) is 0 Å². The van der Waals surface area contributed by atoms with E-state index in [9.17, 15) is 9.32 Å². The van der Waals surface area contributed by atoms with Gasteiger partial charge in [0.05, 0.1) is 23.4 Å². The van der Waals surface area contributed by atoms with Gasteiger partial charge in [0, 0.05) is 30.3 Å². The zero-order valence-electron chi connectivity index (χ0n) is 12.8. The van der Waals surface area contributed by atoms with Crippen LogP contribution in [0.25, 0.3) is 0 Å². The van der Waals surface area contributed by atoms with Crippen LogP contribution in [0.1, 0.15) is 13.3 Å². The quantitative estimate of drug-likeness (QED) is 0.416. The molecule has 0 amide bonds. The number of hydrogen-bond acceptors (Lipinski definition) is 3. The maximum atomic E-state index is 12.1. The van der Waals surface area contributed by atoms with Crippen LogP contribution < -0.4 is 5.32 Å². The van der Waals surface area contributed by atoms with Crippen LogP contribution in [-0.4, -0.2) is 58.2 Å². The molecule has 1 unspecified atom stereocenters. The lowest BCUT2D eigenvalue weighted by molar-refractivity contribution is 0.188. The predicted molar refractivity (Wildman–Crippen MR) is 101 cm³/mol. The number of aliphatic hydroxyl groups is 1. The molecule has 1 aromatic carbocycles. The molecule has 7 heteroatoms. The van der Waals surface area contributed by atoms with Crippen molar-refractivity contribution < 1.29 is 9.32 Å². The fourth-order valence-corrected chi connectivity index (χ4v) is 3.24. The zero-order valence-corrected chi connectivity index (χ0v) is 15.9. The largest absolute Gasteiger partial charge is 0.391 e. The highest BCUT2D eigenvalue weighted by Crippen LogP contribution is 2.09. The normalized spacial score (nSPS) is 19.6. The first-order chi connectivity index (χ1) is 10.2. The molecule has 0 aromatic heterocycles. The van der Waals surface area contributed by atoms with Crippen molar-refractivity contribution in [2.75, 3.05) is 31.9 Å². The van der Waals surface area contributed by atoms with Crippen LogP contribution in [0.3, 0.4) is 0 Å². The van der Waals surface area contributed by atoms with Crippen molar-refractivity contribution in [1.82, 2.24) is 10.2 Å². The van der Waals surface area contributed by atoms with Gasteiger partial charge in [-0.2, -0.15) is 0 Å². The van der Waals surface area contributed by atoms with E-state index in [2.05, 4.69) is 15.2 Å². The van der Waals surface area contributed by atoms with E-state index in [-0.39, 0.29) is 30.1 Å². The number of likely N-dealkylation sites (tertiary alicyclic amines) is 1. The summed E-state index contributed by atoms with van der Waals surface area (Å²) in [5.74, 6) is 1.31. The highest BCUT2D eigenvalue weighted by molar-refractivity contribution is 14.0. The monoisotopic (exact) mass is 437 g/mol. The molecular formula is C15H24IN3O2S. The summed E-state index contributed by atoms with van der Waals surface area (Å²) in [5, 5.41) is 12.8. The summed E-state index contributed by atoms with van der Waals surface area (Å²) in [6, 6.07) is 9.46. The first kappa shape index (κ1) is 19.4. The molecule has 1 aromatic rings. The van der Waals surface area contributed by atoms with Gasteiger partial charge in [0.2, 0.25) is 0 Å². The third-order valence-corrected chi connectivity index (χ3v) is 4.69. The molecule has 1 heterocycles.